The van der Waals surface area contributed by atoms with Crippen LogP contribution in [0, 0.1) is 0 Å². The van der Waals surface area contributed by atoms with Crippen LogP contribution in [-0.2, 0) is 26.8 Å². The first kappa shape index (κ1) is 15.3. The van der Waals surface area contributed by atoms with Crippen molar-refractivity contribution >= 4 is 11.2 Å². The van der Waals surface area contributed by atoms with Crippen molar-refractivity contribution < 1.29 is 13.2 Å². The number of halogens is 3. The number of aryl methyl sites for hydroxylation is 2. The number of rotatable bonds is 3. The molecule has 0 spiro atoms. The number of nitrogens with two attached hydrogens (primary N) is 1. The van der Waals surface area contributed by atoms with Gasteiger partial charge in [-0.15, -0.1) is 0 Å². The quantitative estimate of drug-likeness (QED) is 0.851. The second-order valence-electron chi connectivity index (χ2n) is 4.61. The number of nitrogens with zero attached hydrogens (tertiary/aromatic N) is 4. The van der Waals surface area contributed by atoms with Crippen LogP contribution in [0.4, 0.5) is 13.2 Å². The predicted octanol–water partition coefficient (Wildman–Crippen LogP) is -0.199. The molecular formula is C11H14F3N5O2. The minimum absolute atomic E-state index is 0.102. The van der Waals surface area contributed by atoms with Crippen molar-refractivity contribution in [1.82, 2.24) is 18.7 Å². The van der Waals surface area contributed by atoms with Crippen LogP contribution in [0.5, 0.6) is 0 Å². The summed E-state index contributed by atoms with van der Waals surface area (Å²) in [6.45, 7) is 0.0678. The second kappa shape index (κ2) is 5.02. The lowest BCUT2D eigenvalue weighted by atomic mass is 10.4. The van der Waals surface area contributed by atoms with E-state index in [1.807, 2.05) is 0 Å². The third-order valence-electron chi connectivity index (χ3n) is 3.19. The van der Waals surface area contributed by atoms with Gasteiger partial charge in [-0.2, -0.15) is 13.2 Å². The lowest BCUT2D eigenvalue weighted by Gasteiger charge is -2.10. The molecule has 0 aliphatic rings. The molecule has 0 radical (unpaired) electrons. The predicted molar refractivity (Wildman–Crippen MR) is 68.9 cm³/mol. The highest BCUT2D eigenvalue weighted by atomic mass is 19.4. The molecule has 2 rings (SSSR count). The van der Waals surface area contributed by atoms with Gasteiger partial charge in [-0.3, -0.25) is 13.9 Å². The molecule has 0 fully saturated rings. The summed E-state index contributed by atoms with van der Waals surface area (Å²) in [5.41, 5.74) is 3.24. The van der Waals surface area contributed by atoms with Gasteiger partial charge in [-0.05, 0) is 13.0 Å². The topological polar surface area (TPSA) is 87.8 Å². The van der Waals surface area contributed by atoms with E-state index >= 15 is 0 Å². The molecule has 116 valence electrons. The Balaban J connectivity index is 2.94. The Morgan fingerprint density at radius 3 is 2.33 bits per heavy atom. The van der Waals surface area contributed by atoms with Crippen molar-refractivity contribution in [3.8, 4) is 0 Å². The summed E-state index contributed by atoms with van der Waals surface area (Å²) in [5.74, 6) is -1.20. The molecule has 0 atom stereocenters. The van der Waals surface area contributed by atoms with Crippen LogP contribution in [0.1, 0.15) is 12.2 Å². The lowest BCUT2D eigenvalue weighted by Crippen LogP contribution is -2.37. The Morgan fingerprint density at radius 1 is 1.19 bits per heavy atom. The Bertz CT molecular complexity index is 799. The fraction of sp³-hybridized carbons (Fsp3) is 0.545. The smallest absolute Gasteiger partial charge is 0.330 e. The highest BCUT2D eigenvalue weighted by Gasteiger charge is 2.38. The number of fused-ring (bicyclic) bond motifs is 1. The van der Waals surface area contributed by atoms with E-state index in [4.69, 9.17) is 5.73 Å². The molecule has 0 unspecified atom stereocenters. The molecule has 7 nitrogen and oxygen atoms in total. The summed E-state index contributed by atoms with van der Waals surface area (Å²) in [6.07, 6.45) is -4.48. The first-order chi connectivity index (χ1) is 9.70. The maximum absolute atomic E-state index is 13.1. The van der Waals surface area contributed by atoms with E-state index in [1.165, 1.54) is 14.1 Å². The molecule has 2 aromatic rings. The van der Waals surface area contributed by atoms with E-state index < -0.39 is 23.2 Å². The van der Waals surface area contributed by atoms with E-state index in [0.717, 1.165) is 13.7 Å². The van der Waals surface area contributed by atoms with Crippen molar-refractivity contribution in [3.05, 3.63) is 26.7 Å². The van der Waals surface area contributed by atoms with Crippen LogP contribution in [-0.4, -0.2) is 25.2 Å². The van der Waals surface area contributed by atoms with E-state index in [-0.39, 0.29) is 30.7 Å². The summed E-state index contributed by atoms with van der Waals surface area (Å²) < 4.78 is 41.7. The maximum Gasteiger partial charge on any atom is 0.449 e. The maximum atomic E-state index is 13.1. The molecule has 0 bridgehead atoms. The highest BCUT2D eigenvalue weighted by molar-refractivity contribution is 5.71. The zero-order chi connectivity index (χ0) is 15.9. The number of aromatic nitrogens is 4. The first-order valence-corrected chi connectivity index (χ1v) is 6.13. The summed E-state index contributed by atoms with van der Waals surface area (Å²) in [4.78, 5) is 27.3. The average molecular weight is 305 g/mol. The van der Waals surface area contributed by atoms with Crippen molar-refractivity contribution in [2.45, 2.75) is 19.1 Å². The molecule has 2 aromatic heterocycles. The zero-order valence-electron chi connectivity index (χ0n) is 11.4. The number of alkyl halides is 3. The number of hydrogen-bond donors (Lipinski definition) is 1. The molecule has 0 saturated heterocycles. The van der Waals surface area contributed by atoms with Gasteiger partial charge in [0.1, 0.15) is 0 Å². The van der Waals surface area contributed by atoms with Crippen LogP contribution in [0.2, 0.25) is 0 Å². The standard InChI is InChI=1S/C11H14F3N5O2/c1-17-7-6(8(20)18(2)10(17)21)19(5-3-4-15)9(16-7)11(12,13)14/h3-5,15H2,1-2H3. The minimum Gasteiger partial charge on any atom is -0.330 e. The zero-order valence-corrected chi connectivity index (χ0v) is 11.4. The Hall–Kier alpha value is -2.10. The monoisotopic (exact) mass is 305 g/mol. The van der Waals surface area contributed by atoms with Crippen molar-refractivity contribution in [2.75, 3.05) is 6.54 Å². The van der Waals surface area contributed by atoms with Gasteiger partial charge in [0.15, 0.2) is 11.2 Å². The van der Waals surface area contributed by atoms with Crippen LogP contribution >= 0.6 is 0 Å². The normalized spacial score (nSPS) is 12.3. The van der Waals surface area contributed by atoms with E-state index in [1.54, 1.807) is 0 Å². The minimum atomic E-state index is -4.73. The van der Waals surface area contributed by atoms with Crippen LogP contribution in [0.25, 0.3) is 11.2 Å². The molecule has 10 heteroatoms. The Kier molecular flexibility index (Phi) is 3.66. The van der Waals surface area contributed by atoms with Gasteiger partial charge in [0.2, 0.25) is 5.82 Å². The molecule has 0 amide bonds. The summed E-state index contributed by atoms with van der Waals surface area (Å²) in [7, 11) is 2.47. The molecule has 2 heterocycles. The molecule has 0 aliphatic carbocycles. The fourth-order valence-electron chi connectivity index (χ4n) is 2.13. The van der Waals surface area contributed by atoms with Gasteiger partial charge in [0.25, 0.3) is 5.56 Å². The van der Waals surface area contributed by atoms with Gasteiger partial charge in [0, 0.05) is 20.6 Å². The molecule has 2 N–H and O–H groups in total. The van der Waals surface area contributed by atoms with Crippen molar-refractivity contribution in [1.29, 1.82) is 0 Å². The number of hydrogen-bond acceptors (Lipinski definition) is 4. The molecule has 0 saturated carbocycles. The number of imidazole rings is 1. The lowest BCUT2D eigenvalue weighted by molar-refractivity contribution is -0.147. The Labute approximate surface area is 116 Å². The van der Waals surface area contributed by atoms with Gasteiger partial charge in [-0.25, -0.2) is 9.78 Å². The van der Waals surface area contributed by atoms with Gasteiger partial charge in [0.05, 0.1) is 0 Å². The first-order valence-electron chi connectivity index (χ1n) is 6.13. The van der Waals surface area contributed by atoms with E-state index in [9.17, 15) is 22.8 Å². The SMILES string of the molecule is Cn1c(=O)c2c(nc(C(F)(F)F)n2CCCN)n(C)c1=O. The van der Waals surface area contributed by atoms with Gasteiger partial charge in [-0.1, -0.05) is 0 Å². The molecule has 0 aromatic carbocycles. The van der Waals surface area contributed by atoms with Crippen LogP contribution in [0.15, 0.2) is 9.59 Å². The summed E-state index contributed by atoms with van der Waals surface area (Å²) in [5, 5.41) is 0. The third kappa shape index (κ3) is 2.35. The van der Waals surface area contributed by atoms with Crippen LogP contribution in [0.3, 0.4) is 0 Å². The van der Waals surface area contributed by atoms with Crippen molar-refractivity contribution in [3.63, 3.8) is 0 Å². The van der Waals surface area contributed by atoms with Gasteiger partial charge < -0.3 is 10.3 Å². The highest BCUT2D eigenvalue weighted by Crippen LogP contribution is 2.30. The fourth-order valence-corrected chi connectivity index (χ4v) is 2.13. The van der Waals surface area contributed by atoms with Crippen molar-refractivity contribution in [2.24, 2.45) is 19.8 Å². The Morgan fingerprint density at radius 2 is 1.81 bits per heavy atom. The summed E-state index contributed by atoms with van der Waals surface area (Å²) >= 11 is 0. The summed E-state index contributed by atoms with van der Waals surface area (Å²) in [6, 6.07) is 0. The molecule has 0 aliphatic heterocycles. The van der Waals surface area contributed by atoms with E-state index in [0.29, 0.717) is 0 Å². The average Bonchev–Trinajstić information content (AvgIpc) is 2.80. The molecular weight excluding hydrogens is 291 g/mol. The van der Waals surface area contributed by atoms with Gasteiger partial charge >= 0.3 is 11.9 Å². The third-order valence-corrected chi connectivity index (χ3v) is 3.19. The second-order valence-corrected chi connectivity index (χ2v) is 4.61. The van der Waals surface area contributed by atoms with Crippen LogP contribution < -0.4 is 17.0 Å². The largest absolute Gasteiger partial charge is 0.449 e. The molecule has 21 heavy (non-hydrogen) atoms. The van der Waals surface area contributed by atoms with E-state index in [2.05, 4.69) is 4.98 Å².